The molecule has 0 aromatic heterocycles. The lowest BCUT2D eigenvalue weighted by Crippen LogP contribution is -2.31. The highest BCUT2D eigenvalue weighted by Crippen LogP contribution is 2.23. The molecule has 2 aromatic carbocycles. The Hall–Kier alpha value is -2.22. The Morgan fingerprint density at radius 3 is 2.26 bits per heavy atom. The van der Waals surface area contributed by atoms with Gasteiger partial charge in [-0.15, -0.1) is 0 Å². The zero-order chi connectivity index (χ0) is 22.4. The quantitative estimate of drug-likeness (QED) is 0.598. The molecular weight excluding hydrogens is 412 g/mol. The lowest BCUT2D eigenvalue weighted by molar-refractivity contribution is -0.145. The normalized spacial score (nSPS) is 17.2. The van der Waals surface area contributed by atoms with Gasteiger partial charge >= 0.3 is 5.97 Å². The van der Waals surface area contributed by atoms with E-state index in [1.54, 1.807) is 38.1 Å². The van der Waals surface area contributed by atoms with E-state index in [-0.39, 0.29) is 17.5 Å². The number of carbonyl (C=O) groups is 1. The number of nitrogens with one attached hydrogen (secondary N) is 1. The summed E-state index contributed by atoms with van der Waals surface area (Å²) in [4.78, 5) is 14.2. The summed E-state index contributed by atoms with van der Waals surface area (Å²) in [6.07, 6.45) is 3.34. The van der Waals surface area contributed by atoms with Crippen LogP contribution in [0.2, 0.25) is 0 Å². The average Bonchev–Trinajstić information content (AvgIpc) is 3.16. The predicted molar refractivity (Wildman–Crippen MR) is 122 cm³/mol. The first-order chi connectivity index (χ1) is 14.7. The zero-order valence-corrected chi connectivity index (χ0v) is 19.3. The SMILES string of the molecule is CC(C)OC(=O)CNS(=O)(=O)c1ccc(-c2ccc(CCN3CCCC3C)cc2)cc1. The molecule has 1 unspecified atom stereocenters. The Bertz CT molecular complexity index is 970. The molecule has 2 aromatic rings. The van der Waals surface area contributed by atoms with E-state index >= 15 is 0 Å². The van der Waals surface area contributed by atoms with E-state index in [0.29, 0.717) is 6.04 Å². The molecule has 1 aliphatic heterocycles. The van der Waals surface area contributed by atoms with Crippen LogP contribution in [0.25, 0.3) is 11.1 Å². The molecule has 6 nitrogen and oxygen atoms in total. The van der Waals surface area contributed by atoms with Gasteiger partial charge in [0.25, 0.3) is 0 Å². The topological polar surface area (TPSA) is 75.7 Å². The minimum absolute atomic E-state index is 0.116. The van der Waals surface area contributed by atoms with Gasteiger partial charge in [-0.05, 0) is 75.4 Å². The highest BCUT2D eigenvalue weighted by Gasteiger charge is 2.19. The molecule has 1 heterocycles. The van der Waals surface area contributed by atoms with Crippen molar-refractivity contribution in [3.05, 3.63) is 54.1 Å². The van der Waals surface area contributed by atoms with E-state index < -0.39 is 16.0 Å². The first kappa shape index (κ1) is 23.4. The molecule has 31 heavy (non-hydrogen) atoms. The van der Waals surface area contributed by atoms with Gasteiger partial charge in [-0.2, -0.15) is 4.72 Å². The van der Waals surface area contributed by atoms with E-state index in [2.05, 4.69) is 40.8 Å². The van der Waals surface area contributed by atoms with Crippen LogP contribution < -0.4 is 4.72 Å². The lowest BCUT2D eigenvalue weighted by atomic mass is 10.0. The molecule has 1 fully saturated rings. The summed E-state index contributed by atoms with van der Waals surface area (Å²) < 4.78 is 32.0. The number of benzene rings is 2. The van der Waals surface area contributed by atoms with Gasteiger partial charge < -0.3 is 9.64 Å². The van der Waals surface area contributed by atoms with Crippen LogP contribution in [0.5, 0.6) is 0 Å². The molecule has 0 radical (unpaired) electrons. The van der Waals surface area contributed by atoms with Crippen molar-refractivity contribution >= 4 is 16.0 Å². The summed E-state index contributed by atoms with van der Waals surface area (Å²) in [6.45, 7) is 7.62. The van der Waals surface area contributed by atoms with E-state index in [0.717, 1.165) is 24.1 Å². The zero-order valence-electron chi connectivity index (χ0n) is 18.5. The van der Waals surface area contributed by atoms with Crippen LogP contribution in [0, 0.1) is 0 Å². The summed E-state index contributed by atoms with van der Waals surface area (Å²) in [5.74, 6) is -0.602. The Morgan fingerprint density at radius 1 is 1.10 bits per heavy atom. The summed E-state index contributed by atoms with van der Waals surface area (Å²) in [5, 5.41) is 0. The van der Waals surface area contributed by atoms with Gasteiger partial charge in [0.15, 0.2) is 0 Å². The van der Waals surface area contributed by atoms with Crippen LogP contribution in [-0.4, -0.2) is 51.1 Å². The van der Waals surface area contributed by atoms with Gasteiger partial charge in [0.1, 0.15) is 6.54 Å². The van der Waals surface area contributed by atoms with Crippen molar-refractivity contribution < 1.29 is 17.9 Å². The number of likely N-dealkylation sites (tertiary alicyclic amines) is 1. The predicted octanol–water partition coefficient (Wildman–Crippen LogP) is 3.61. The third kappa shape index (κ3) is 6.63. The van der Waals surface area contributed by atoms with Gasteiger partial charge in [-0.25, -0.2) is 8.42 Å². The van der Waals surface area contributed by atoms with Crippen LogP contribution in [0.3, 0.4) is 0 Å². The van der Waals surface area contributed by atoms with Crippen LogP contribution in [0.4, 0.5) is 0 Å². The molecule has 0 spiro atoms. The number of ether oxygens (including phenoxy) is 1. The fourth-order valence-corrected chi connectivity index (χ4v) is 4.80. The van der Waals surface area contributed by atoms with E-state index in [9.17, 15) is 13.2 Å². The van der Waals surface area contributed by atoms with Gasteiger partial charge in [0.2, 0.25) is 10.0 Å². The van der Waals surface area contributed by atoms with Crippen LogP contribution in [-0.2, 0) is 26.0 Å². The van der Waals surface area contributed by atoms with E-state index in [1.165, 1.54) is 24.9 Å². The second-order valence-electron chi connectivity index (χ2n) is 8.36. The smallest absolute Gasteiger partial charge is 0.321 e. The summed E-state index contributed by atoms with van der Waals surface area (Å²) in [7, 11) is -3.77. The van der Waals surface area contributed by atoms with E-state index in [1.807, 2.05) is 0 Å². The molecule has 168 valence electrons. The summed E-state index contributed by atoms with van der Waals surface area (Å²) >= 11 is 0. The fourth-order valence-electron chi connectivity index (χ4n) is 3.83. The molecule has 0 amide bonds. The largest absolute Gasteiger partial charge is 0.462 e. The van der Waals surface area contributed by atoms with Gasteiger partial charge in [-0.3, -0.25) is 4.79 Å². The Labute approximate surface area is 185 Å². The van der Waals surface area contributed by atoms with Gasteiger partial charge in [0.05, 0.1) is 11.0 Å². The second kappa shape index (κ2) is 10.4. The highest BCUT2D eigenvalue weighted by molar-refractivity contribution is 7.89. The van der Waals surface area contributed by atoms with Crippen molar-refractivity contribution in [2.75, 3.05) is 19.6 Å². The number of rotatable bonds is 9. The molecule has 0 aliphatic carbocycles. The molecule has 7 heteroatoms. The summed E-state index contributed by atoms with van der Waals surface area (Å²) in [6, 6.07) is 15.8. The number of nitrogens with zero attached hydrogens (tertiary/aromatic N) is 1. The highest BCUT2D eigenvalue weighted by atomic mass is 32.2. The molecule has 1 aliphatic rings. The Kier molecular flexibility index (Phi) is 7.86. The van der Waals surface area contributed by atoms with Gasteiger partial charge in [-0.1, -0.05) is 36.4 Å². The number of carbonyl (C=O) groups excluding carboxylic acids is 1. The third-order valence-corrected chi connectivity index (χ3v) is 7.02. The minimum Gasteiger partial charge on any atom is -0.462 e. The molecule has 1 saturated heterocycles. The number of sulfonamides is 1. The molecule has 1 N–H and O–H groups in total. The fraction of sp³-hybridized carbons (Fsp3) is 0.458. The van der Waals surface area contributed by atoms with Crippen molar-refractivity contribution in [3.63, 3.8) is 0 Å². The molecule has 1 atom stereocenters. The number of hydrogen-bond acceptors (Lipinski definition) is 5. The van der Waals surface area contributed by atoms with Crippen molar-refractivity contribution in [2.24, 2.45) is 0 Å². The monoisotopic (exact) mass is 444 g/mol. The van der Waals surface area contributed by atoms with Gasteiger partial charge in [0, 0.05) is 12.6 Å². The van der Waals surface area contributed by atoms with Crippen molar-refractivity contribution in [1.29, 1.82) is 0 Å². The van der Waals surface area contributed by atoms with Crippen LogP contribution in [0.15, 0.2) is 53.4 Å². The molecule has 0 saturated carbocycles. The van der Waals surface area contributed by atoms with E-state index in [4.69, 9.17) is 4.74 Å². The van der Waals surface area contributed by atoms with Crippen LogP contribution in [0.1, 0.15) is 39.2 Å². The average molecular weight is 445 g/mol. The molecule has 0 bridgehead atoms. The first-order valence-corrected chi connectivity index (χ1v) is 12.4. The maximum atomic E-state index is 12.4. The maximum absolute atomic E-state index is 12.4. The maximum Gasteiger partial charge on any atom is 0.321 e. The van der Waals surface area contributed by atoms with Crippen molar-refractivity contribution in [3.8, 4) is 11.1 Å². The number of hydrogen-bond donors (Lipinski definition) is 1. The number of esters is 1. The molecular formula is C24H32N2O4S. The Balaban J connectivity index is 1.58. The first-order valence-electron chi connectivity index (χ1n) is 10.9. The van der Waals surface area contributed by atoms with Crippen molar-refractivity contribution in [2.45, 2.75) is 57.1 Å². The second-order valence-corrected chi connectivity index (χ2v) is 10.1. The minimum atomic E-state index is -3.77. The lowest BCUT2D eigenvalue weighted by Gasteiger charge is -2.20. The van der Waals surface area contributed by atoms with Crippen molar-refractivity contribution in [1.82, 2.24) is 9.62 Å². The summed E-state index contributed by atoms with van der Waals surface area (Å²) in [5.41, 5.74) is 3.29. The van der Waals surface area contributed by atoms with Crippen LogP contribution >= 0.6 is 0 Å². The standard InChI is InChI=1S/C24H32N2O4S/c1-18(2)30-24(27)17-25-31(28,29)23-12-10-22(11-13-23)21-8-6-20(7-9-21)14-16-26-15-4-5-19(26)3/h6-13,18-19,25H,4-5,14-17H2,1-3H3. The third-order valence-electron chi connectivity index (χ3n) is 5.60. The Morgan fingerprint density at radius 2 is 1.71 bits per heavy atom. The molecule has 3 rings (SSSR count).